The molecule has 0 saturated heterocycles. The Balaban J connectivity index is 1.47. The molecule has 118 valence electrons. The molecule has 2 N–H and O–H groups in total. The van der Waals surface area contributed by atoms with Crippen molar-refractivity contribution >= 4 is 16.8 Å². The van der Waals surface area contributed by atoms with E-state index in [0.29, 0.717) is 6.54 Å². The Labute approximate surface area is 133 Å². The van der Waals surface area contributed by atoms with E-state index in [1.807, 2.05) is 30.5 Å². The predicted molar refractivity (Wildman–Crippen MR) is 86.9 cm³/mol. The van der Waals surface area contributed by atoms with E-state index >= 15 is 0 Å². The lowest BCUT2D eigenvalue weighted by Crippen LogP contribution is -2.30. The average Bonchev–Trinajstić information content (AvgIpc) is 2.98. The maximum Gasteiger partial charge on any atom is 0.257 e. The molecule has 0 aliphatic carbocycles. The number of rotatable bonds is 6. The number of H-pyrrole nitrogens is 1. The molecule has 5 heteroatoms. The smallest absolute Gasteiger partial charge is 0.257 e. The Hall–Kier alpha value is -2.82. The first-order valence-corrected chi connectivity index (χ1v) is 7.43. The minimum Gasteiger partial charge on any atom is -0.481 e. The Bertz CT molecular complexity index is 813. The minimum atomic E-state index is -0.473. The Morgan fingerprint density at radius 1 is 1.13 bits per heavy atom. The summed E-state index contributed by atoms with van der Waals surface area (Å²) in [5, 5.41) is 3.93. The van der Waals surface area contributed by atoms with Crippen molar-refractivity contribution in [1.82, 2.24) is 10.3 Å². The predicted octanol–water partition coefficient (Wildman–Crippen LogP) is 3.04. The summed E-state index contributed by atoms with van der Waals surface area (Å²) in [7, 11) is 0. The minimum absolute atomic E-state index is 0.0827. The van der Waals surface area contributed by atoms with Gasteiger partial charge in [0.2, 0.25) is 0 Å². The zero-order valence-corrected chi connectivity index (χ0v) is 12.5. The van der Waals surface area contributed by atoms with Crippen molar-refractivity contribution in [2.45, 2.75) is 6.42 Å². The number of carbonyl (C=O) groups is 1. The SMILES string of the molecule is O=C(COc1ccccc1F)NCCc1c[nH]c2ccccc12. The third-order valence-electron chi connectivity index (χ3n) is 3.59. The second-order valence-corrected chi connectivity index (χ2v) is 5.18. The van der Waals surface area contributed by atoms with Gasteiger partial charge in [-0.25, -0.2) is 4.39 Å². The summed E-state index contributed by atoms with van der Waals surface area (Å²) < 4.78 is 18.5. The van der Waals surface area contributed by atoms with Gasteiger partial charge < -0.3 is 15.0 Å². The number of para-hydroxylation sites is 2. The second kappa shape index (κ2) is 6.96. The lowest BCUT2D eigenvalue weighted by atomic mass is 10.1. The van der Waals surface area contributed by atoms with Gasteiger partial charge in [-0.3, -0.25) is 4.79 Å². The molecular weight excluding hydrogens is 295 g/mol. The molecule has 0 bridgehead atoms. The summed E-state index contributed by atoms with van der Waals surface area (Å²) in [6, 6.07) is 14.0. The van der Waals surface area contributed by atoms with Gasteiger partial charge in [-0.1, -0.05) is 30.3 Å². The number of amides is 1. The van der Waals surface area contributed by atoms with Gasteiger partial charge in [-0.05, 0) is 30.2 Å². The van der Waals surface area contributed by atoms with Crippen LogP contribution in [0.25, 0.3) is 10.9 Å². The summed E-state index contributed by atoms with van der Waals surface area (Å²) in [6.45, 7) is 0.302. The first-order valence-electron chi connectivity index (χ1n) is 7.43. The first kappa shape index (κ1) is 15.1. The lowest BCUT2D eigenvalue weighted by molar-refractivity contribution is -0.123. The highest BCUT2D eigenvalue weighted by atomic mass is 19.1. The van der Waals surface area contributed by atoms with E-state index in [9.17, 15) is 9.18 Å². The van der Waals surface area contributed by atoms with Crippen LogP contribution in [0, 0.1) is 5.82 Å². The number of hydrogen-bond acceptors (Lipinski definition) is 2. The lowest BCUT2D eigenvalue weighted by Gasteiger charge is -2.08. The van der Waals surface area contributed by atoms with Crippen LogP contribution < -0.4 is 10.1 Å². The van der Waals surface area contributed by atoms with Crippen LogP contribution in [0.4, 0.5) is 4.39 Å². The Morgan fingerprint density at radius 2 is 1.91 bits per heavy atom. The van der Waals surface area contributed by atoms with E-state index in [1.54, 1.807) is 12.1 Å². The van der Waals surface area contributed by atoms with Crippen molar-refractivity contribution in [2.24, 2.45) is 0 Å². The van der Waals surface area contributed by atoms with Crippen LogP contribution >= 0.6 is 0 Å². The monoisotopic (exact) mass is 312 g/mol. The number of halogens is 1. The number of fused-ring (bicyclic) bond motifs is 1. The summed E-state index contributed by atoms with van der Waals surface area (Å²) >= 11 is 0. The molecule has 1 aromatic heterocycles. The van der Waals surface area contributed by atoms with Gasteiger partial charge >= 0.3 is 0 Å². The number of aromatic amines is 1. The first-order chi connectivity index (χ1) is 11.2. The van der Waals surface area contributed by atoms with Gasteiger partial charge in [0.15, 0.2) is 18.2 Å². The maximum absolute atomic E-state index is 13.4. The van der Waals surface area contributed by atoms with Crippen LogP contribution in [0.1, 0.15) is 5.56 Å². The molecule has 0 fully saturated rings. The molecule has 1 heterocycles. The summed E-state index contributed by atoms with van der Waals surface area (Å²) in [5.74, 6) is -0.661. The molecule has 2 aromatic carbocycles. The Morgan fingerprint density at radius 3 is 2.78 bits per heavy atom. The molecule has 0 aliphatic rings. The van der Waals surface area contributed by atoms with Crippen LogP contribution in [0.15, 0.2) is 54.7 Å². The van der Waals surface area contributed by atoms with Crippen molar-refractivity contribution in [3.05, 3.63) is 66.1 Å². The number of aromatic nitrogens is 1. The van der Waals surface area contributed by atoms with E-state index in [2.05, 4.69) is 10.3 Å². The van der Waals surface area contributed by atoms with Gasteiger partial charge in [0.25, 0.3) is 5.91 Å². The number of nitrogens with one attached hydrogen (secondary N) is 2. The zero-order valence-electron chi connectivity index (χ0n) is 12.5. The fraction of sp³-hybridized carbons (Fsp3) is 0.167. The van der Waals surface area contributed by atoms with Gasteiger partial charge in [-0.2, -0.15) is 0 Å². The molecule has 0 spiro atoms. The molecule has 3 aromatic rings. The summed E-state index contributed by atoms with van der Waals surface area (Å²) in [6.07, 6.45) is 2.67. The van der Waals surface area contributed by atoms with Crippen molar-refractivity contribution in [3.63, 3.8) is 0 Å². The standard InChI is InChI=1S/C18H17FN2O2/c19-15-6-2-4-8-17(15)23-12-18(22)20-10-9-13-11-21-16-7-3-1-5-14(13)16/h1-8,11,21H,9-10,12H2,(H,20,22). The molecule has 0 aliphatic heterocycles. The molecule has 4 nitrogen and oxygen atoms in total. The summed E-state index contributed by atoms with van der Waals surface area (Å²) in [5.41, 5.74) is 2.23. The highest BCUT2D eigenvalue weighted by Crippen LogP contribution is 2.17. The van der Waals surface area contributed by atoms with E-state index < -0.39 is 5.82 Å². The van der Waals surface area contributed by atoms with Crippen molar-refractivity contribution in [1.29, 1.82) is 0 Å². The highest BCUT2D eigenvalue weighted by Gasteiger charge is 2.07. The third kappa shape index (κ3) is 3.69. The van der Waals surface area contributed by atoms with Crippen molar-refractivity contribution in [2.75, 3.05) is 13.2 Å². The van der Waals surface area contributed by atoms with Gasteiger partial charge in [-0.15, -0.1) is 0 Å². The number of carbonyl (C=O) groups excluding carboxylic acids is 1. The van der Waals surface area contributed by atoms with E-state index in [1.165, 1.54) is 12.1 Å². The van der Waals surface area contributed by atoms with Crippen LogP contribution in [0.2, 0.25) is 0 Å². The molecule has 0 unspecified atom stereocenters. The second-order valence-electron chi connectivity index (χ2n) is 5.18. The molecule has 0 atom stereocenters. The third-order valence-corrected chi connectivity index (χ3v) is 3.59. The molecule has 1 amide bonds. The largest absolute Gasteiger partial charge is 0.481 e. The summed E-state index contributed by atoms with van der Waals surface area (Å²) in [4.78, 5) is 15.0. The van der Waals surface area contributed by atoms with E-state index in [4.69, 9.17) is 4.74 Å². The zero-order chi connectivity index (χ0) is 16.1. The molecule has 23 heavy (non-hydrogen) atoms. The van der Waals surface area contributed by atoms with Crippen molar-refractivity contribution in [3.8, 4) is 5.75 Å². The van der Waals surface area contributed by atoms with E-state index in [-0.39, 0.29) is 18.3 Å². The quantitative estimate of drug-likeness (QED) is 0.735. The fourth-order valence-corrected chi connectivity index (χ4v) is 2.43. The molecule has 3 rings (SSSR count). The highest BCUT2D eigenvalue weighted by molar-refractivity contribution is 5.83. The number of benzene rings is 2. The Kier molecular flexibility index (Phi) is 4.57. The van der Waals surface area contributed by atoms with Gasteiger partial charge in [0, 0.05) is 23.6 Å². The van der Waals surface area contributed by atoms with Crippen LogP contribution in [-0.2, 0) is 11.2 Å². The topological polar surface area (TPSA) is 54.1 Å². The molecule has 0 saturated carbocycles. The van der Waals surface area contributed by atoms with Gasteiger partial charge in [0.05, 0.1) is 0 Å². The fourth-order valence-electron chi connectivity index (χ4n) is 2.43. The average molecular weight is 312 g/mol. The normalized spacial score (nSPS) is 10.7. The maximum atomic E-state index is 13.4. The van der Waals surface area contributed by atoms with Crippen LogP contribution in [0.5, 0.6) is 5.75 Å². The number of hydrogen-bond donors (Lipinski definition) is 2. The van der Waals surface area contributed by atoms with Crippen LogP contribution in [-0.4, -0.2) is 24.0 Å². The molecule has 0 radical (unpaired) electrons. The van der Waals surface area contributed by atoms with Crippen LogP contribution in [0.3, 0.4) is 0 Å². The number of ether oxygens (including phenoxy) is 1. The van der Waals surface area contributed by atoms with Crippen molar-refractivity contribution < 1.29 is 13.9 Å². The molecular formula is C18H17FN2O2. The van der Waals surface area contributed by atoms with Gasteiger partial charge in [0.1, 0.15) is 0 Å². The van der Waals surface area contributed by atoms with E-state index in [0.717, 1.165) is 22.9 Å².